The predicted octanol–water partition coefficient (Wildman–Crippen LogP) is 2.24. The Morgan fingerprint density at radius 2 is 1.90 bits per heavy atom. The van der Waals surface area contributed by atoms with Crippen LogP contribution in [0.1, 0.15) is 47.5 Å². The average molecular weight is 299 g/mol. The number of piperidine rings is 1. The van der Waals surface area contributed by atoms with Gasteiger partial charge in [0.1, 0.15) is 5.92 Å². The molecular weight excluding hydrogens is 270 g/mol. The maximum atomic E-state index is 12.8. The van der Waals surface area contributed by atoms with Crippen LogP contribution in [-0.2, 0) is 19.1 Å². The van der Waals surface area contributed by atoms with Gasteiger partial charge in [0, 0.05) is 19.7 Å². The van der Waals surface area contributed by atoms with Gasteiger partial charge in [-0.25, -0.2) is 0 Å². The van der Waals surface area contributed by atoms with Crippen LogP contribution in [0.3, 0.4) is 0 Å². The second-order valence-corrected chi connectivity index (χ2v) is 6.55. The summed E-state index contributed by atoms with van der Waals surface area (Å²) in [7, 11) is 0. The largest absolute Gasteiger partial charge is 0.465 e. The first-order chi connectivity index (χ1) is 9.81. The molecule has 5 nitrogen and oxygen atoms in total. The molecule has 1 fully saturated rings. The lowest BCUT2D eigenvalue weighted by molar-refractivity contribution is -0.162. The van der Waals surface area contributed by atoms with Crippen molar-refractivity contribution in [2.75, 3.05) is 26.3 Å². The predicted molar refractivity (Wildman–Crippen MR) is 80.8 cm³/mol. The molecule has 21 heavy (non-hydrogen) atoms. The van der Waals surface area contributed by atoms with E-state index in [0.717, 1.165) is 12.8 Å². The van der Waals surface area contributed by atoms with Gasteiger partial charge in [-0.2, -0.15) is 0 Å². The molecule has 1 rings (SSSR count). The van der Waals surface area contributed by atoms with Gasteiger partial charge in [-0.15, -0.1) is 0 Å². The van der Waals surface area contributed by atoms with Crippen molar-refractivity contribution in [2.24, 2.45) is 11.3 Å². The molecule has 1 aliphatic heterocycles. The molecule has 0 spiro atoms. The van der Waals surface area contributed by atoms with Crippen LogP contribution in [0.25, 0.3) is 0 Å². The summed E-state index contributed by atoms with van der Waals surface area (Å²) in [5.74, 6) is -1.31. The third kappa shape index (κ3) is 4.99. The van der Waals surface area contributed by atoms with E-state index < -0.39 is 17.3 Å². The lowest BCUT2D eigenvalue weighted by Gasteiger charge is -2.37. The van der Waals surface area contributed by atoms with Crippen LogP contribution in [0.2, 0.25) is 0 Å². The van der Waals surface area contributed by atoms with Crippen molar-refractivity contribution in [2.45, 2.75) is 53.6 Å². The number of amides is 1. The lowest BCUT2D eigenvalue weighted by Crippen LogP contribution is -2.50. The Morgan fingerprint density at radius 1 is 1.24 bits per heavy atom. The number of likely N-dealkylation sites (tertiary alicyclic amines) is 1. The fourth-order valence-corrected chi connectivity index (χ4v) is 2.74. The van der Waals surface area contributed by atoms with Gasteiger partial charge < -0.3 is 14.4 Å². The molecule has 5 heteroatoms. The minimum atomic E-state index is -0.752. The number of hydrogen-bond donors (Lipinski definition) is 0. The van der Waals surface area contributed by atoms with Crippen LogP contribution in [0, 0.1) is 11.3 Å². The molecule has 2 atom stereocenters. The number of rotatable bonds is 5. The van der Waals surface area contributed by atoms with Gasteiger partial charge in [0.15, 0.2) is 0 Å². The number of nitrogens with zero attached hydrogens (tertiary/aromatic N) is 1. The van der Waals surface area contributed by atoms with E-state index in [-0.39, 0.29) is 12.0 Å². The number of carbonyl (C=O) groups is 2. The first-order valence-corrected chi connectivity index (χ1v) is 7.88. The molecule has 122 valence electrons. The number of esters is 1. The molecule has 0 bridgehead atoms. The van der Waals surface area contributed by atoms with Gasteiger partial charge in [-0.1, -0.05) is 20.8 Å². The average Bonchev–Trinajstić information content (AvgIpc) is 2.38. The molecule has 1 amide bonds. The van der Waals surface area contributed by atoms with Crippen LogP contribution in [0.5, 0.6) is 0 Å². The lowest BCUT2D eigenvalue weighted by atomic mass is 9.79. The van der Waals surface area contributed by atoms with Gasteiger partial charge in [-0.05, 0) is 32.1 Å². The van der Waals surface area contributed by atoms with Crippen molar-refractivity contribution in [1.82, 2.24) is 4.90 Å². The molecule has 1 saturated heterocycles. The smallest absolute Gasteiger partial charge is 0.319 e. The Kier molecular flexibility index (Phi) is 6.65. The SMILES string of the molecule is CCOC(=O)C(C(=O)N1CCCC(OCC)C1)C(C)(C)C. The molecule has 1 heterocycles. The minimum absolute atomic E-state index is 0.0792. The maximum absolute atomic E-state index is 12.8. The van der Waals surface area contributed by atoms with Crippen LogP contribution >= 0.6 is 0 Å². The molecule has 0 N–H and O–H groups in total. The molecular formula is C16H29NO4. The second kappa shape index (κ2) is 7.78. The van der Waals surface area contributed by atoms with Crippen LogP contribution in [0.4, 0.5) is 0 Å². The number of hydrogen-bond acceptors (Lipinski definition) is 4. The van der Waals surface area contributed by atoms with Crippen molar-refractivity contribution >= 4 is 11.9 Å². The molecule has 1 aliphatic rings. The highest BCUT2D eigenvalue weighted by molar-refractivity contribution is 5.98. The van der Waals surface area contributed by atoms with Gasteiger partial charge >= 0.3 is 5.97 Å². The van der Waals surface area contributed by atoms with Crippen molar-refractivity contribution in [3.05, 3.63) is 0 Å². The molecule has 0 saturated carbocycles. The molecule has 0 radical (unpaired) electrons. The summed E-state index contributed by atoms with van der Waals surface area (Å²) in [6, 6.07) is 0. The molecule has 0 aliphatic carbocycles. The fourth-order valence-electron chi connectivity index (χ4n) is 2.74. The maximum Gasteiger partial charge on any atom is 0.319 e. The highest BCUT2D eigenvalue weighted by Gasteiger charge is 2.42. The zero-order valence-electron chi connectivity index (χ0n) is 14.0. The van der Waals surface area contributed by atoms with Crippen LogP contribution in [-0.4, -0.2) is 49.2 Å². The molecule has 2 unspecified atom stereocenters. The van der Waals surface area contributed by atoms with E-state index in [1.807, 2.05) is 27.7 Å². The Labute approximate surface area is 128 Å². The number of carbonyl (C=O) groups excluding carboxylic acids is 2. The quantitative estimate of drug-likeness (QED) is 0.577. The van der Waals surface area contributed by atoms with Gasteiger partial charge in [0.2, 0.25) is 5.91 Å². The van der Waals surface area contributed by atoms with Crippen molar-refractivity contribution in [1.29, 1.82) is 0 Å². The summed E-state index contributed by atoms with van der Waals surface area (Å²) in [6.45, 7) is 11.6. The first kappa shape index (κ1) is 18.0. The zero-order valence-corrected chi connectivity index (χ0v) is 14.0. The Hall–Kier alpha value is -1.10. The summed E-state index contributed by atoms with van der Waals surface area (Å²) in [4.78, 5) is 26.7. The summed E-state index contributed by atoms with van der Waals surface area (Å²) >= 11 is 0. The third-order valence-electron chi connectivity index (χ3n) is 3.73. The van der Waals surface area contributed by atoms with E-state index in [4.69, 9.17) is 9.47 Å². The third-order valence-corrected chi connectivity index (χ3v) is 3.73. The van der Waals surface area contributed by atoms with Crippen LogP contribution < -0.4 is 0 Å². The molecule has 0 aromatic heterocycles. The Morgan fingerprint density at radius 3 is 2.43 bits per heavy atom. The zero-order chi connectivity index (χ0) is 16.0. The first-order valence-electron chi connectivity index (χ1n) is 7.88. The highest BCUT2D eigenvalue weighted by atomic mass is 16.5. The van der Waals surface area contributed by atoms with E-state index in [1.165, 1.54) is 0 Å². The molecule has 0 aromatic rings. The van der Waals surface area contributed by atoms with Crippen molar-refractivity contribution in [3.63, 3.8) is 0 Å². The normalized spacial score (nSPS) is 21.0. The van der Waals surface area contributed by atoms with E-state index in [1.54, 1.807) is 11.8 Å². The standard InChI is InChI=1S/C16H29NO4/c1-6-20-12-9-8-10-17(11-12)14(18)13(16(3,4)5)15(19)21-7-2/h12-13H,6-11H2,1-5H3. The molecule has 0 aromatic carbocycles. The Balaban J connectivity index is 2.82. The summed E-state index contributed by atoms with van der Waals surface area (Å²) < 4.78 is 10.7. The van der Waals surface area contributed by atoms with Gasteiger partial charge in [0.25, 0.3) is 0 Å². The van der Waals surface area contributed by atoms with Gasteiger partial charge in [0.05, 0.1) is 12.7 Å². The highest BCUT2D eigenvalue weighted by Crippen LogP contribution is 2.30. The van der Waals surface area contributed by atoms with Crippen molar-refractivity contribution in [3.8, 4) is 0 Å². The minimum Gasteiger partial charge on any atom is -0.465 e. The van der Waals surface area contributed by atoms with Gasteiger partial charge in [-0.3, -0.25) is 9.59 Å². The number of ether oxygens (including phenoxy) is 2. The summed E-state index contributed by atoms with van der Waals surface area (Å²) in [5.41, 5.74) is -0.456. The van der Waals surface area contributed by atoms with E-state index >= 15 is 0 Å². The van der Waals surface area contributed by atoms with E-state index in [2.05, 4.69) is 0 Å². The van der Waals surface area contributed by atoms with Crippen LogP contribution in [0.15, 0.2) is 0 Å². The summed E-state index contributed by atoms with van der Waals surface area (Å²) in [5, 5.41) is 0. The van der Waals surface area contributed by atoms with Crippen molar-refractivity contribution < 1.29 is 19.1 Å². The topological polar surface area (TPSA) is 55.8 Å². The van der Waals surface area contributed by atoms with E-state index in [0.29, 0.717) is 26.3 Å². The Bertz CT molecular complexity index is 360. The second-order valence-electron chi connectivity index (χ2n) is 6.55. The monoisotopic (exact) mass is 299 g/mol. The van der Waals surface area contributed by atoms with E-state index in [9.17, 15) is 9.59 Å². The fraction of sp³-hybridized carbons (Fsp3) is 0.875. The summed E-state index contributed by atoms with van der Waals surface area (Å²) in [6.07, 6.45) is 1.96.